The van der Waals surface area contributed by atoms with Crippen molar-refractivity contribution < 1.29 is 9.00 Å². The van der Waals surface area contributed by atoms with E-state index < -0.39 is 15.5 Å². The standard InChI is InChI=1S/C18H21ClN4O2S3/c19-12-8-14(16(24)21-9-11-4-7-26-23-11)27-15(12)13-10-28(25)18(17(20)22-13)5-2-1-3-6-18/h4,7-8,13H,1-3,5-6,9-10H2,(H2,20,22)(H,21,24)/t13-,28?/m0/s1. The summed E-state index contributed by atoms with van der Waals surface area (Å²) in [5.74, 6) is 0.686. The van der Waals surface area contributed by atoms with E-state index in [4.69, 9.17) is 17.3 Å². The molecular weight excluding hydrogens is 436 g/mol. The van der Waals surface area contributed by atoms with Crippen LogP contribution < -0.4 is 11.1 Å². The van der Waals surface area contributed by atoms with Crippen LogP contribution in [0.5, 0.6) is 0 Å². The highest BCUT2D eigenvalue weighted by molar-refractivity contribution is 7.87. The molecule has 1 aliphatic heterocycles. The number of carbonyl (C=O) groups excluding carboxylic acids is 1. The molecule has 2 aliphatic rings. The molecule has 28 heavy (non-hydrogen) atoms. The Labute approximate surface area is 179 Å². The molecule has 0 bridgehead atoms. The lowest BCUT2D eigenvalue weighted by atomic mass is 9.87. The Kier molecular flexibility index (Phi) is 5.87. The van der Waals surface area contributed by atoms with E-state index in [1.54, 1.807) is 6.07 Å². The van der Waals surface area contributed by atoms with Gasteiger partial charge >= 0.3 is 0 Å². The number of aromatic nitrogens is 1. The van der Waals surface area contributed by atoms with Gasteiger partial charge in [0.2, 0.25) is 0 Å². The van der Waals surface area contributed by atoms with Gasteiger partial charge in [-0.2, -0.15) is 4.37 Å². The minimum absolute atomic E-state index is 0.205. The third-order valence-corrected chi connectivity index (χ3v) is 9.69. The van der Waals surface area contributed by atoms with Crippen molar-refractivity contribution in [3.63, 3.8) is 0 Å². The predicted octanol–water partition coefficient (Wildman–Crippen LogP) is 3.65. The summed E-state index contributed by atoms with van der Waals surface area (Å²) in [6.07, 6.45) is 4.91. The van der Waals surface area contributed by atoms with E-state index in [1.807, 2.05) is 11.4 Å². The molecule has 0 saturated heterocycles. The molecule has 3 N–H and O–H groups in total. The average Bonchev–Trinajstić information content (AvgIpc) is 3.34. The van der Waals surface area contributed by atoms with Crippen LogP contribution in [0.2, 0.25) is 5.02 Å². The number of aliphatic imine (C=N–C) groups is 1. The SMILES string of the molecule is NC1=N[C@H](c2sc(C(=O)NCc3ccsn3)cc2Cl)CS(=O)C12CCCCC2. The summed E-state index contributed by atoms with van der Waals surface area (Å²) < 4.78 is 16.8. The van der Waals surface area contributed by atoms with Gasteiger partial charge in [-0.25, -0.2) is 0 Å². The van der Waals surface area contributed by atoms with E-state index >= 15 is 0 Å². The third-order valence-electron chi connectivity index (χ3n) is 5.33. The maximum atomic E-state index is 13.1. The Morgan fingerprint density at radius 3 is 2.86 bits per heavy atom. The van der Waals surface area contributed by atoms with E-state index in [2.05, 4.69) is 14.7 Å². The maximum Gasteiger partial charge on any atom is 0.261 e. The summed E-state index contributed by atoms with van der Waals surface area (Å²) in [7, 11) is -1.09. The van der Waals surface area contributed by atoms with Crippen LogP contribution in [0.15, 0.2) is 22.5 Å². The first kappa shape index (κ1) is 20.0. The second-order valence-corrected chi connectivity index (χ2v) is 11.1. The molecule has 1 unspecified atom stereocenters. The Hall–Kier alpha value is -1.29. The summed E-state index contributed by atoms with van der Waals surface area (Å²) in [5, 5.41) is 5.19. The zero-order valence-electron chi connectivity index (χ0n) is 15.2. The van der Waals surface area contributed by atoms with Crippen LogP contribution in [0.25, 0.3) is 0 Å². The molecule has 1 aliphatic carbocycles. The molecule has 6 nitrogen and oxygen atoms in total. The molecule has 2 aromatic rings. The highest BCUT2D eigenvalue weighted by Crippen LogP contribution is 2.42. The number of nitrogens with zero attached hydrogens (tertiary/aromatic N) is 2. The van der Waals surface area contributed by atoms with Crippen molar-refractivity contribution in [2.24, 2.45) is 10.7 Å². The van der Waals surface area contributed by atoms with Gasteiger partial charge < -0.3 is 11.1 Å². The molecule has 2 atom stereocenters. The molecule has 150 valence electrons. The zero-order valence-corrected chi connectivity index (χ0v) is 18.4. The quantitative estimate of drug-likeness (QED) is 0.733. The van der Waals surface area contributed by atoms with Crippen LogP contribution >= 0.6 is 34.5 Å². The van der Waals surface area contributed by atoms with Crippen LogP contribution in [0, 0.1) is 0 Å². The van der Waals surface area contributed by atoms with Crippen LogP contribution in [0.1, 0.15) is 58.4 Å². The van der Waals surface area contributed by atoms with Crippen molar-refractivity contribution >= 4 is 57.0 Å². The molecule has 10 heteroatoms. The Morgan fingerprint density at radius 2 is 2.18 bits per heavy atom. The number of hydrogen-bond acceptors (Lipinski definition) is 7. The number of carbonyl (C=O) groups is 1. The van der Waals surface area contributed by atoms with E-state index in [1.165, 1.54) is 22.9 Å². The number of nitrogens with two attached hydrogens (primary N) is 1. The minimum atomic E-state index is -1.09. The van der Waals surface area contributed by atoms with Gasteiger partial charge in [0.1, 0.15) is 10.6 Å². The van der Waals surface area contributed by atoms with Crippen molar-refractivity contribution in [3.8, 4) is 0 Å². The highest BCUT2D eigenvalue weighted by Gasteiger charge is 2.46. The molecule has 4 rings (SSSR count). The smallest absolute Gasteiger partial charge is 0.261 e. The Morgan fingerprint density at radius 1 is 1.39 bits per heavy atom. The number of amides is 1. The maximum absolute atomic E-state index is 13.1. The molecule has 0 radical (unpaired) electrons. The van der Waals surface area contributed by atoms with Gasteiger partial charge in [-0.1, -0.05) is 30.9 Å². The first-order chi connectivity index (χ1) is 13.5. The first-order valence-electron chi connectivity index (χ1n) is 9.18. The van der Waals surface area contributed by atoms with Gasteiger partial charge in [-0.3, -0.25) is 14.0 Å². The van der Waals surface area contributed by atoms with Gasteiger partial charge in [0.15, 0.2) is 0 Å². The van der Waals surface area contributed by atoms with Crippen molar-refractivity contribution in [2.45, 2.75) is 49.4 Å². The summed E-state index contributed by atoms with van der Waals surface area (Å²) >= 11 is 9.04. The molecule has 1 amide bonds. The lowest BCUT2D eigenvalue weighted by molar-refractivity contribution is 0.0954. The second-order valence-electron chi connectivity index (χ2n) is 7.09. The fourth-order valence-electron chi connectivity index (χ4n) is 3.79. The molecule has 1 saturated carbocycles. The van der Waals surface area contributed by atoms with Crippen LogP contribution in [0.3, 0.4) is 0 Å². The van der Waals surface area contributed by atoms with Gasteiger partial charge in [0.05, 0.1) is 33.9 Å². The predicted molar refractivity (Wildman–Crippen MR) is 116 cm³/mol. The topological polar surface area (TPSA) is 97.4 Å². The normalized spacial score (nSPS) is 24.1. The number of hydrogen-bond donors (Lipinski definition) is 2. The lowest BCUT2D eigenvalue weighted by Gasteiger charge is -2.39. The highest BCUT2D eigenvalue weighted by atomic mass is 35.5. The van der Waals surface area contributed by atoms with E-state index in [-0.39, 0.29) is 11.9 Å². The molecule has 0 aromatic carbocycles. The monoisotopic (exact) mass is 456 g/mol. The van der Waals surface area contributed by atoms with E-state index in [9.17, 15) is 9.00 Å². The molecule has 2 aromatic heterocycles. The van der Waals surface area contributed by atoms with Crippen molar-refractivity contribution in [1.29, 1.82) is 0 Å². The zero-order chi connectivity index (χ0) is 19.7. The van der Waals surface area contributed by atoms with Crippen molar-refractivity contribution in [2.75, 3.05) is 5.75 Å². The van der Waals surface area contributed by atoms with Gasteiger partial charge in [0.25, 0.3) is 5.91 Å². The summed E-state index contributed by atoms with van der Waals surface area (Å²) in [6.45, 7) is 0.369. The number of rotatable bonds is 4. The third kappa shape index (κ3) is 3.77. The molecule has 1 spiro atoms. The average molecular weight is 457 g/mol. The molecule has 3 heterocycles. The van der Waals surface area contributed by atoms with Crippen LogP contribution in [0.4, 0.5) is 0 Å². The summed E-state index contributed by atoms with van der Waals surface area (Å²) in [4.78, 5) is 18.4. The number of halogens is 1. The van der Waals surface area contributed by atoms with Gasteiger partial charge in [-0.05, 0) is 36.5 Å². The Balaban J connectivity index is 1.52. The number of amidine groups is 1. The lowest BCUT2D eigenvalue weighted by Crippen LogP contribution is -2.53. The second kappa shape index (κ2) is 8.22. The first-order valence-corrected chi connectivity index (χ1v) is 12.5. The number of thiophene rings is 1. The Bertz CT molecular complexity index is 919. The van der Waals surface area contributed by atoms with Crippen LogP contribution in [-0.2, 0) is 17.3 Å². The van der Waals surface area contributed by atoms with E-state index in [0.717, 1.165) is 42.7 Å². The molecule has 1 fully saturated rings. The van der Waals surface area contributed by atoms with Gasteiger partial charge in [-0.15, -0.1) is 11.3 Å². The van der Waals surface area contributed by atoms with Gasteiger partial charge in [0, 0.05) is 21.1 Å². The fourth-order valence-corrected chi connectivity index (χ4v) is 7.74. The van der Waals surface area contributed by atoms with Crippen molar-refractivity contribution in [1.82, 2.24) is 9.69 Å². The van der Waals surface area contributed by atoms with E-state index in [0.29, 0.717) is 28.0 Å². The van der Waals surface area contributed by atoms with Crippen molar-refractivity contribution in [3.05, 3.63) is 38.0 Å². The fraction of sp³-hybridized carbons (Fsp3) is 0.500. The summed E-state index contributed by atoms with van der Waals surface area (Å²) in [6, 6.07) is 3.16. The summed E-state index contributed by atoms with van der Waals surface area (Å²) in [5.41, 5.74) is 7.13. The van der Waals surface area contributed by atoms with Crippen LogP contribution in [-0.4, -0.2) is 30.8 Å². The number of nitrogens with one attached hydrogen (secondary N) is 1. The minimum Gasteiger partial charge on any atom is -0.386 e. The molecular formula is C18H21ClN4O2S3. The largest absolute Gasteiger partial charge is 0.386 e.